The van der Waals surface area contributed by atoms with Gasteiger partial charge in [0, 0.05) is 18.8 Å². The van der Waals surface area contributed by atoms with Gasteiger partial charge in [0.25, 0.3) is 0 Å². The number of ether oxygens (including phenoxy) is 4. The molecule has 0 radical (unpaired) electrons. The minimum absolute atomic E-state index is 0.0245. The van der Waals surface area contributed by atoms with Gasteiger partial charge in [0.1, 0.15) is 18.2 Å². The van der Waals surface area contributed by atoms with E-state index in [1.807, 2.05) is 6.92 Å². The largest absolute Gasteiger partial charge is 0.508 e. The minimum Gasteiger partial charge on any atom is -0.480 e. The molecule has 0 saturated heterocycles. The van der Waals surface area contributed by atoms with Gasteiger partial charge in [0.05, 0.1) is 0 Å². The van der Waals surface area contributed by atoms with Gasteiger partial charge in [-0.1, -0.05) is 26.8 Å². The predicted octanol–water partition coefficient (Wildman–Crippen LogP) is 3.54. The first-order valence-electron chi connectivity index (χ1n) is 10.9. The highest BCUT2D eigenvalue weighted by Gasteiger charge is 2.30. The van der Waals surface area contributed by atoms with Crippen LogP contribution < -0.4 is 15.2 Å². The van der Waals surface area contributed by atoms with Crippen molar-refractivity contribution in [1.82, 2.24) is 0 Å². The second kappa shape index (κ2) is 13.4. The first-order chi connectivity index (χ1) is 15.5. The zero-order valence-electron chi connectivity index (χ0n) is 19.7. The zero-order valence-corrected chi connectivity index (χ0v) is 19.7. The molecule has 33 heavy (non-hydrogen) atoms. The van der Waals surface area contributed by atoms with Gasteiger partial charge in [-0.3, -0.25) is 14.4 Å². The normalized spacial score (nSPS) is 14.4. The molecule has 0 spiro atoms. The molecule has 0 aromatic heterocycles. The number of carboxylic acids is 1. The number of carboxylic acid groups (broad SMARTS) is 1. The molecule has 4 atom stereocenters. The number of benzene rings is 1. The van der Waals surface area contributed by atoms with Gasteiger partial charge < -0.3 is 29.8 Å². The molecule has 0 aliphatic heterocycles. The Kier molecular flexibility index (Phi) is 11.3. The fraction of sp³-hybridized carbons (Fsp3) is 0.565. The highest BCUT2D eigenvalue weighted by Crippen LogP contribution is 2.35. The Bertz CT molecular complexity index is 839. The van der Waals surface area contributed by atoms with E-state index in [0.717, 1.165) is 0 Å². The average Bonchev–Trinajstić information content (AvgIpc) is 2.77. The van der Waals surface area contributed by atoms with Crippen LogP contribution in [0.15, 0.2) is 18.2 Å². The molecule has 0 amide bonds. The van der Waals surface area contributed by atoms with Crippen LogP contribution in [0.2, 0.25) is 0 Å². The maximum absolute atomic E-state index is 11.9. The van der Waals surface area contributed by atoms with Gasteiger partial charge in [-0.15, -0.1) is 0 Å². The Balaban J connectivity index is 3.23. The Morgan fingerprint density at radius 2 is 1.45 bits per heavy atom. The number of esters is 2. The van der Waals surface area contributed by atoms with E-state index in [0.29, 0.717) is 12.0 Å². The van der Waals surface area contributed by atoms with Gasteiger partial charge >= 0.3 is 24.1 Å². The number of carbonyl (C=O) groups excluding carboxylic acids is 3. The van der Waals surface area contributed by atoms with Crippen LogP contribution in [-0.2, 0) is 23.9 Å². The quantitative estimate of drug-likeness (QED) is 0.345. The standard InChI is InChI=1S/C23H33NO9/c1-6-13(4)30-23(29)31-14(5)11-16(21(24)22(27)28)15-9-10-17(32-19(25)7-2)18(12-15)33-20(26)8-3/h9-10,12-14,16,21H,6-8,11,24H2,1-5H3,(H,27,28)/t13?,14?,16?,21-/m0/s1. The second-order valence-electron chi connectivity index (χ2n) is 7.58. The van der Waals surface area contributed by atoms with E-state index in [9.17, 15) is 24.3 Å². The fourth-order valence-corrected chi connectivity index (χ4v) is 2.82. The average molecular weight is 468 g/mol. The number of nitrogens with two attached hydrogens (primary N) is 1. The summed E-state index contributed by atoms with van der Waals surface area (Å²) < 4.78 is 20.8. The summed E-state index contributed by atoms with van der Waals surface area (Å²) in [7, 11) is 0. The third-order valence-electron chi connectivity index (χ3n) is 4.90. The highest BCUT2D eigenvalue weighted by atomic mass is 16.7. The van der Waals surface area contributed by atoms with Crippen LogP contribution >= 0.6 is 0 Å². The molecule has 10 heteroatoms. The first kappa shape index (κ1) is 27.9. The molecule has 0 fully saturated rings. The first-order valence-corrected chi connectivity index (χ1v) is 10.9. The van der Waals surface area contributed by atoms with E-state index < -0.39 is 42.1 Å². The molecule has 3 unspecified atom stereocenters. The van der Waals surface area contributed by atoms with Crippen molar-refractivity contribution < 1.29 is 43.2 Å². The molecule has 1 rings (SSSR count). The molecule has 184 valence electrons. The SMILES string of the molecule is CCC(=O)Oc1ccc(C(CC(C)OC(=O)OC(C)CC)[C@H](N)C(=O)O)cc1OC(=O)CC. The molecule has 3 N–H and O–H groups in total. The van der Waals surface area contributed by atoms with E-state index in [4.69, 9.17) is 24.7 Å². The summed E-state index contributed by atoms with van der Waals surface area (Å²) in [5, 5.41) is 9.51. The van der Waals surface area contributed by atoms with Crippen molar-refractivity contribution in [2.24, 2.45) is 5.73 Å². The number of rotatable bonds is 12. The second-order valence-corrected chi connectivity index (χ2v) is 7.58. The maximum atomic E-state index is 11.9. The van der Waals surface area contributed by atoms with Crippen molar-refractivity contribution in [2.45, 2.75) is 84.5 Å². The third kappa shape index (κ3) is 9.09. The van der Waals surface area contributed by atoms with Gasteiger partial charge in [0.2, 0.25) is 0 Å². The summed E-state index contributed by atoms with van der Waals surface area (Å²) in [5.74, 6) is -3.18. The van der Waals surface area contributed by atoms with Gasteiger partial charge in [-0.2, -0.15) is 0 Å². The Labute approximate surface area is 193 Å². The van der Waals surface area contributed by atoms with Crippen molar-refractivity contribution >= 4 is 24.1 Å². The zero-order chi connectivity index (χ0) is 25.1. The number of hydrogen-bond donors (Lipinski definition) is 2. The van der Waals surface area contributed by atoms with E-state index in [-0.39, 0.29) is 36.9 Å². The summed E-state index contributed by atoms with van der Waals surface area (Å²) in [6.07, 6.45) is -1.06. The van der Waals surface area contributed by atoms with Crippen molar-refractivity contribution in [3.63, 3.8) is 0 Å². The topological polar surface area (TPSA) is 151 Å². The van der Waals surface area contributed by atoms with E-state index in [1.165, 1.54) is 18.2 Å². The van der Waals surface area contributed by atoms with Crippen LogP contribution in [0.4, 0.5) is 4.79 Å². The summed E-state index contributed by atoms with van der Waals surface area (Å²) in [5.41, 5.74) is 6.34. The molecule has 0 aliphatic carbocycles. The molecular weight excluding hydrogens is 434 g/mol. The fourth-order valence-electron chi connectivity index (χ4n) is 2.82. The van der Waals surface area contributed by atoms with Crippen LogP contribution in [0, 0.1) is 0 Å². The van der Waals surface area contributed by atoms with Gasteiger partial charge in [-0.25, -0.2) is 4.79 Å². The van der Waals surface area contributed by atoms with Gasteiger partial charge in [-0.05, 0) is 44.4 Å². The summed E-state index contributed by atoms with van der Waals surface area (Å²) >= 11 is 0. The lowest BCUT2D eigenvalue weighted by Gasteiger charge is -2.25. The number of carbonyl (C=O) groups is 4. The molecule has 0 bridgehead atoms. The summed E-state index contributed by atoms with van der Waals surface area (Å²) in [6.45, 7) is 8.39. The third-order valence-corrected chi connectivity index (χ3v) is 4.90. The van der Waals surface area contributed by atoms with Crippen LogP contribution in [0.3, 0.4) is 0 Å². The lowest BCUT2D eigenvalue weighted by Crippen LogP contribution is -2.38. The van der Waals surface area contributed by atoms with Crippen LogP contribution in [-0.4, -0.2) is 47.4 Å². The van der Waals surface area contributed by atoms with Crippen LogP contribution in [0.5, 0.6) is 11.5 Å². The number of hydrogen-bond acceptors (Lipinski definition) is 9. The molecular formula is C23H33NO9. The molecule has 10 nitrogen and oxygen atoms in total. The van der Waals surface area contributed by atoms with Crippen molar-refractivity contribution in [2.75, 3.05) is 0 Å². The predicted molar refractivity (Wildman–Crippen MR) is 118 cm³/mol. The van der Waals surface area contributed by atoms with E-state index in [1.54, 1.807) is 27.7 Å². The van der Waals surface area contributed by atoms with Gasteiger partial charge in [0.15, 0.2) is 11.5 Å². The number of aliphatic carboxylic acids is 1. The maximum Gasteiger partial charge on any atom is 0.508 e. The molecule has 0 heterocycles. The van der Waals surface area contributed by atoms with Crippen LogP contribution in [0.25, 0.3) is 0 Å². The molecule has 0 saturated carbocycles. The Hall–Kier alpha value is -3.14. The molecule has 1 aromatic rings. The Morgan fingerprint density at radius 3 is 1.97 bits per heavy atom. The lowest BCUT2D eigenvalue weighted by atomic mass is 9.87. The van der Waals surface area contributed by atoms with E-state index in [2.05, 4.69) is 0 Å². The van der Waals surface area contributed by atoms with Crippen LogP contribution in [0.1, 0.15) is 71.8 Å². The Morgan fingerprint density at radius 1 is 0.909 bits per heavy atom. The lowest BCUT2D eigenvalue weighted by molar-refractivity contribution is -0.139. The highest BCUT2D eigenvalue weighted by molar-refractivity contribution is 5.77. The van der Waals surface area contributed by atoms with Crippen molar-refractivity contribution in [3.8, 4) is 11.5 Å². The van der Waals surface area contributed by atoms with E-state index >= 15 is 0 Å². The minimum atomic E-state index is -1.35. The van der Waals surface area contributed by atoms with Crippen molar-refractivity contribution in [1.29, 1.82) is 0 Å². The summed E-state index contributed by atoms with van der Waals surface area (Å²) in [4.78, 5) is 47.2. The smallest absolute Gasteiger partial charge is 0.480 e. The monoisotopic (exact) mass is 467 g/mol. The molecule has 0 aliphatic rings. The molecule has 1 aromatic carbocycles. The summed E-state index contributed by atoms with van der Waals surface area (Å²) in [6, 6.07) is 2.99. The van der Waals surface area contributed by atoms with Crippen molar-refractivity contribution in [3.05, 3.63) is 23.8 Å².